The predicted molar refractivity (Wildman–Crippen MR) is 109 cm³/mol. The standard InChI is InChI=1S/C21H30N2O4S/c1-20(2)17-7-8-21(20,19(24)13-17)15-28(25,26)22-14-16-5-3-4-6-18(16)23-9-11-27-12-10-23/h3-6,17,22H,7-15H2,1-2H3/t17-,21+/m0/s1. The molecule has 1 aromatic carbocycles. The van der Waals surface area contributed by atoms with Crippen LogP contribution in [0.2, 0.25) is 0 Å². The van der Waals surface area contributed by atoms with Gasteiger partial charge in [-0.25, -0.2) is 13.1 Å². The number of benzene rings is 1. The molecule has 1 heterocycles. The lowest BCUT2D eigenvalue weighted by molar-refractivity contribution is -0.128. The number of carbonyl (C=O) groups excluding carboxylic acids is 1. The van der Waals surface area contributed by atoms with Crippen molar-refractivity contribution in [3.63, 3.8) is 0 Å². The first-order valence-corrected chi connectivity index (χ1v) is 11.8. The molecule has 1 aromatic rings. The summed E-state index contributed by atoms with van der Waals surface area (Å²) in [7, 11) is -3.57. The monoisotopic (exact) mass is 406 g/mol. The molecule has 2 aliphatic carbocycles. The number of nitrogens with zero attached hydrogens (tertiary/aromatic N) is 1. The van der Waals surface area contributed by atoms with Crippen molar-refractivity contribution in [1.29, 1.82) is 0 Å². The zero-order valence-corrected chi connectivity index (χ0v) is 17.6. The maximum absolute atomic E-state index is 13.0. The van der Waals surface area contributed by atoms with Crippen molar-refractivity contribution in [3.05, 3.63) is 29.8 Å². The van der Waals surface area contributed by atoms with Gasteiger partial charge in [-0.1, -0.05) is 32.0 Å². The Morgan fingerprint density at radius 2 is 1.93 bits per heavy atom. The van der Waals surface area contributed by atoms with Gasteiger partial charge in [0.1, 0.15) is 5.78 Å². The normalized spacial score (nSPS) is 29.4. The quantitative estimate of drug-likeness (QED) is 0.785. The molecule has 0 spiro atoms. The number of ketones is 1. The number of anilines is 1. The largest absolute Gasteiger partial charge is 0.378 e. The highest BCUT2D eigenvalue weighted by Gasteiger charge is 2.65. The predicted octanol–water partition coefficient (Wildman–Crippen LogP) is 2.34. The molecule has 1 N–H and O–H groups in total. The Bertz CT molecular complexity index is 861. The summed E-state index contributed by atoms with van der Waals surface area (Å²) in [6.07, 6.45) is 2.17. The van der Waals surface area contributed by atoms with Crippen LogP contribution in [0.5, 0.6) is 0 Å². The minimum absolute atomic E-state index is 0.0952. The Balaban J connectivity index is 1.49. The lowest BCUT2D eigenvalue weighted by Gasteiger charge is -2.36. The zero-order valence-electron chi connectivity index (χ0n) is 16.7. The van der Waals surface area contributed by atoms with E-state index in [1.54, 1.807) is 0 Å². The minimum atomic E-state index is -3.57. The number of morpholine rings is 1. The number of para-hydroxylation sites is 1. The second-order valence-corrected chi connectivity index (χ2v) is 10.8. The maximum Gasteiger partial charge on any atom is 0.212 e. The number of nitrogens with one attached hydrogen (secondary N) is 1. The summed E-state index contributed by atoms with van der Waals surface area (Å²) in [5, 5.41) is 0. The minimum Gasteiger partial charge on any atom is -0.378 e. The van der Waals surface area contributed by atoms with Gasteiger partial charge in [0.25, 0.3) is 0 Å². The number of carbonyl (C=O) groups is 1. The highest BCUT2D eigenvalue weighted by Crippen LogP contribution is 2.64. The smallest absolute Gasteiger partial charge is 0.212 e. The van der Waals surface area contributed by atoms with E-state index >= 15 is 0 Å². The lowest BCUT2D eigenvalue weighted by atomic mass is 9.70. The number of fused-ring (bicyclic) bond motifs is 2. The fraction of sp³-hybridized carbons (Fsp3) is 0.667. The molecule has 6 nitrogen and oxygen atoms in total. The van der Waals surface area contributed by atoms with E-state index in [0.29, 0.717) is 32.0 Å². The van der Waals surface area contributed by atoms with Crippen LogP contribution in [0.15, 0.2) is 24.3 Å². The Kier molecular flexibility index (Phi) is 5.04. The molecule has 7 heteroatoms. The van der Waals surface area contributed by atoms with Crippen LogP contribution < -0.4 is 9.62 Å². The van der Waals surface area contributed by atoms with E-state index in [0.717, 1.165) is 30.8 Å². The number of rotatable bonds is 6. The third kappa shape index (κ3) is 3.27. The van der Waals surface area contributed by atoms with Crippen molar-refractivity contribution in [2.75, 3.05) is 37.0 Å². The average molecular weight is 407 g/mol. The van der Waals surface area contributed by atoms with Gasteiger partial charge in [-0.05, 0) is 35.8 Å². The fourth-order valence-corrected chi connectivity index (χ4v) is 7.25. The van der Waals surface area contributed by atoms with Gasteiger partial charge in [0.15, 0.2) is 0 Å². The molecule has 1 saturated heterocycles. The molecule has 3 fully saturated rings. The van der Waals surface area contributed by atoms with Gasteiger partial charge >= 0.3 is 0 Å². The highest BCUT2D eigenvalue weighted by atomic mass is 32.2. The number of ether oxygens (including phenoxy) is 1. The second-order valence-electron chi connectivity index (χ2n) is 8.98. The van der Waals surface area contributed by atoms with E-state index in [9.17, 15) is 13.2 Å². The van der Waals surface area contributed by atoms with Crippen molar-refractivity contribution in [1.82, 2.24) is 4.72 Å². The topological polar surface area (TPSA) is 75.7 Å². The van der Waals surface area contributed by atoms with E-state index in [1.165, 1.54) is 0 Å². The molecule has 0 aromatic heterocycles. The Morgan fingerprint density at radius 3 is 2.57 bits per heavy atom. The maximum atomic E-state index is 13.0. The van der Waals surface area contributed by atoms with E-state index in [4.69, 9.17) is 4.74 Å². The molecule has 2 atom stereocenters. The van der Waals surface area contributed by atoms with Gasteiger partial charge in [-0.15, -0.1) is 0 Å². The van der Waals surface area contributed by atoms with Gasteiger partial charge in [0.2, 0.25) is 10.0 Å². The van der Waals surface area contributed by atoms with Gasteiger partial charge in [-0.3, -0.25) is 4.79 Å². The molecule has 2 saturated carbocycles. The summed E-state index contributed by atoms with van der Waals surface area (Å²) in [4.78, 5) is 14.9. The van der Waals surface area contributed by atoms with Gasteiger partial charge in [0.05, 0.1) is 19.0 Å². The van der Waals surface area contributed by atoms with Crippen molar-refractivity contribution >= 4 is 21.5 Å². The fourth-order valence-electron chi connectivity index (χ4n) is 5.44. The van der Waals surface area contributed by atoms with Crippen LogP contribution >= 0.6 is 0 Å². The summed E-state index contributed by atoms with van der Waals surface area (Å²) >= 11 is 0. The molecule has 0 unspecified atom stereocenters. The van der Waals surface area contributed by atoms with Crippen molar-refractivity contribution in [3.8, 4) is 0 Å². The Hall–Kier alpha value is -1.44. The third-order valence-corrected chi connectivity index (χ3v) is 8.86. The van der Waals surface area contributed by atoms with E-state index in [1.807, 2.05) is 24.3 Å². The first-order chi connectivity index (χ1) is 13.3. The van der Waals surface area contributed by atoms with Crippen LogP contribution in [0.4, 0.5) is 5.69 Å². The van der Waals surface area contributed by atoms with Crippen LogP contribution in [0.3, 0.4) is 0 Å². The zero-order chi connectivity index (χ0) is 20.0. The molecule has 1 aliphatic heterocycles. The lowest BCUT2D eigenvalue weighted by Crippen LogP contribution is -2.45. The summed E-state index contributed by atoms with van der Waals surface area (Å²) in [6, 6.07) is 7.89. The molecule has 3 aliphatic rings. The van der Waals surface area contributed by atoms with Gasteiger partial charge in [0, 0.05) is 37.2 Å². The molecule has 0 radical (unpaired) electrons. The van der Waals surface area contributed by atoms with E-state index < -0.39 is 15.4 Å². The molecule has 4 rings (SSSR count). The van der Waals surface area contributed by atoms with Crippen LogP contribution in [0, 0.1) is 16.7 Å². The van der Waals surface area contributed by atoms with Gasteiger partial charge < -0.3 is 9.64 Å². The number of hydrogen-bond acceptors (Lipinski definition) is 5. The SMILES string of the molecule is CC1(C)[C@H]2CC[C@@]1(CS(=O)(=O)NCc1ccccc1N1CCOCC1)C(=O)C2. The molecule has 0 amide bonds. The second kappa shape index (κ2) is 7.11. The molecule has 2 bridgehead atoms. The van der Waals surface area contributed by atoms with Crippen molar-refractivity contribution in [2.45, 2.75) is 39.7 Å². The van der Waals surface area contributed by atoms with E-state index in [2.05, 4.69) is 23.5 Å². The molecular formula is C21H30N2O4S. The summed E-state index contributed by atoms with van der Waals surface area (Å²) in [5.41, 5.74) is 1.02. The first-order valence-electron chi connectivity index (χ1n) is 10.2. The molecule has 28 heavy (non-hydrogen) atoms. The van der Waals surface area contributed by atoms with Crippen LogP contribution in [0.25, 0.3) is 0 Å². The Labute approximate surface area is 167 Å². The van der Waals surface area contributed by atoms with Gasteiger partial charge in [-0.2, -0.15) is 0 Å². The number of sulfonamides is 1. The summed E-state index contributed by atoms with van der Waals surface area (Å²) in [5.74, 6) is 0.354. The van der Waals surface area contributed by atoms with Crippen molar-refractivity contribution in [2.24, 2.45) is 16.7 Å². The highest BCUT2D eigenvalue weighted by molar-refractivity contribution is 7.89. The third-order valence-electron chi connectivity index (χ3n) is 7.40. The molecular weight excluding hydrogens is 376 g/mol. The average Bonchev–Trinajstić information content (AvgIpc) is 3.01. The summed E-state index contributed by atoms with van der Waals surface area (Å²) < 4.78 is 34.1. The van der Waals surface area contributed by atoms with Crippen LogP contribution in [0.1, 0.15) is 38.7 Å². The first kappa shape index (κ1) is 19.9. The van der Waals surface area contributed by atoms with Crippen molar-refractivity contribution < 1.29 is 17.9 Å². The molecule has 154 valence electrons. The number of Topliss-reactive ketones (excluding diaryl/α,β-unsaturated/α-hetero) is 1. The Morgan fingerprint density at radius 1 is 1.21 bits per heavy atom. The van der Waals surface area contributed by atoms with Crippen LogP contribution in [-0.4, -0.2) is 46.3 Å². The number of hydrogen-bond donors (Lipinski definition) is 1. The van der Waals surface area contributed by atoms with Crippen LogP contribution in [-0.2, 0) is 26.1 Å². The van der Waals surface area contributed by atoms with E-state index in [-0.39, 0.29) is 23.5 Å². The summed E-state index contributed by atoms with van der Waals surface area (Å²) in [6.45, 7) is 7.34.